The minimum absolute atomic E-state index is 0.178. The highest BCUT2D eigenvalue weighted by atomic mass is 35.5. The molecule has 1 aromatic carbocycles. The summed E-state index contributed by atoms with van der Waals surface area (Å²) in [5, 5.41) is 3.58. The SMILES string of the molecule is O=S(=O)(c1ccccc1Cl)N1CCC(c2ncc3c(n2)CCNC3)CC1. The highest BCUT2D eigenvalue weighted by Crippen LogP contribution is 2.31. The number of piperidine rings is 1. The van der Waals surface area contributed by atoms with Gasteiger partial charge in [0.2, 0.25) is 10.0 Å². The molecule has 1 aromatic heterocycles. The summed E-state index contributed by atoms with van der Waals surface area (Å²) in [5.41, 5.74) is 2.29. The zero-order chi connectivity index (χ0) is 18.1. The molecule has 0 bridgehead atoms. The van der Waals surface area contributed by atoms with Crippen molar-refractivity contribution < 1.29 is 8.42 Å². The predicted molar refractivity (Wildman–Crippen MR) is 99.6 cm³/mol. The number of nitrogens with zero attached hydrogens (tertiary/aromatic N) is 3. The Bertz CT molecular complexity index is 911. The molecule has 0 spiro atoms. The van der Waals surface area contributed by atoms with E-state index in [2.05, 4.69) is 10.3 Å². The van der Waals surface area contributed by atoms with E-state index < -0.39 is 10.0 Å². The summed E-state index contributed by atoms with van der Waals surface area (Å²) in [5.74, 6) is 1.05. The number of halogens is 1. The molecule has 6 nitrogen and oxygen atoms in total. The summed E-state index contributed by atoms with van der Waals surface area (Å²) in [6.45, 7) is 2.68. The molecule has 8 heteroatoms. The largest absolute Gasteiger partial charge is 0.312 e. The molecule has 26 heavy (non-hydrogen) atoms. The van der Waals surface area contributed by atoms with Crippen LogP contribution in [0.1, 0.15) is 35.8 Å². The highest BCUT2D eigenvalue weighted by Gasteiger charge is 2.32. The lowest BCUT2D eigenvalue weighted by Gasteiger charge is -2.31. The van der Waals surface area contributed by atoms with Gasteiger partial charge in [-0.15, -0.1) is 0 Å². The Hall–Kier alpha value is -1.54. The summed E-state index contributed by atoms with van der Waals surface area (Å²) in [6, 6.07) is 6.60. The number of hydrogen-bond donors (Lipinski definition) is 1. The molecule has 1 N–H and O–H groups in total. The molecule has 0 atom stereocenters. The summed E-state index contributed by atoms with van der Waals surface area (Å²) in [6.07, 6.45) is 4.28. The number of sulfonamides is 1. The van der Waals surface area contributed by atoms with Crippen LogP contribution in [0.25, 0.3) is 0 Å². The second-order valence-corrected chi connectivity index (χ2v) is 9.05. The number of aromatic nitrogens is 2. The van der Waals surface area contributed by atoms with Crippen molar-refractivity contribution in [2.45, 2.75) is 36.6 Å². The molecule has 2 aromatic rings. The molecule has 1 saturated heterocycles. The molecular weight excluding hydrogens is 372 g/mol. The minimum atomic E-state index is -3.56. The van der Waals surface area contributed by atoms with Gasteiger partial charge in [-0.2, -0.15) is 4.31 Å². The van der Waals surface area contributed by atoms with E-state index >= 15 is 0 Å². The first-order valence-electron chi connectivity index (χ1n) is 8.86. The van der Waals surface area contributed by atoms with Crippen LogP contribution >= 0.6 is 11.6 Å². The number of rotatable bonds is 3. The van der Waals surface area contributed by atoms with E-state index in [9.17, 15) is 8.42 Å². The second-order valence-electron chi connectivity index (χ2n) is 6.74. The topological polar surface area (TPSA) is 75.2 Å². The minimum Gasteiger partial charge on any atom is -0.312 e. The van der Waals surface area contributed by atoms with Crippen molar-refractivity contribution in [2.24, 2.45) is 0 Å². The number of fused-ring (bicyclic) bond motifs is 1. The first-order chi connectivity index (χ1) is 12.6. The molecular formula is C18H21ClN4O2S. The third-order valence-corrected chi connectivity index (χ3v) is 7.50. The van der Waals surface area contributed by atoms with Crippen molar-refractivity contribution in [2.75, 3.05) is 19.6 Å². The van der Waals surface area contributed by atoms with Crippen LogP contribution in [0.15, 0.2) is 35.4 Å². The van der Waals surface area contributed by atoms with E-state index in [1.165, 1.54) is 9.87 Å². The van der Waals surface area contributed by atoms with Gasteiger partial charge in [-0.25, -0.2) is 18.4 Å². The lowest BCUT2D eigenvalue weighted by atomic mass is 9.96. The van der Waals surface area contributed by atoms with Crippen molar-refractivity contribution in [1.29, 1.82) is 0 Å². The first kappa shape index (κ1) is 17.9. The molecule has 1 fully saturated rings. The normalized spacial score (nSPS) is 19.3. The van der Waals surface area contributed by atoms with Gasteiger partial charge in [-0.05, 0) is 25.0 Å². The van der Waals surface area contributed by atoms with Crippen molar-refractivity contribution in [3.8, 4) is 0 Å². The molecule has 2 aliphatic rings. The van der Waals surface area contributed by atoms with Gasteiger partial charge in [0.05, 0.1) is 5.02 Å². The maximum atomic E-state index is 12.8. The van der Waals surface area contributed by atoms with Crippen molar-refractivity contribution in [3.63, 3.8) is 0 Å². The van der Waals surface area contributed by atoms with Gasteiger partial charge in [0.15, 0.2) is 0 Å². The van der Waals surface area contributed by atoms with Crippen molar-refractivity contribution >= 4 is 21.6 Å². The standard InChI is InChI=1S/C18H21ClN4O2S/c19-15-3-1-2-4-17(15)26(24,25)23-9-6-13(7-10-23)18-21-12-14-11-20-8-5-16(14)22-18/h1-4,12-13,20H,5-11H2. The lowest BCUT2D eigenvalue weighted by molar-refractivity contribution is 0.313. The molecule has 138 valence electrons. The predicted octanol–water partition coefficient (Wildman–Crippen LogP) is 2.34. The van der Waals surface area contributed by atoms with E-state index in [0.717, 1.165) is 43.9 Å². The quantitative estimate of drug-likeness (QED) is 0.867. The molecule has 0 amide bonds. The molecule has 2 aliphatic heterocycles. The van der Waals surface area contributed by atoms with Gasteiger partial charge in [0.25, 0.3) is 0 Å². The number of hydrogen-bond acceptors (Lipinski definition) is 5. The fourth-order valence-corrected chi connectivity index (χ4v) is 5.56. The molecule has 3 heterocycles. The van der Waals surface area contributed by atoms with E-state index in [0.29, 0.717) is 13.1 Å². The Labute approximate surface area is 158 Å². The Balaban J connectivity index is 1.48. The van der Waals surface area contributed by atoms with Crippen LogP contribution in [-0.4, -0.2) is 42.3 Å². The summed E-state index contributed by atoms with van der Waals surface area (Å²) < 4.78 is 27.2. The Morgan fingerprint density at radius 1 is 1.19 bits per heavy atom. The smallest absolute Gasteiger partial charge is 0.244 e. The lowest BCUT2D eigenvalue weighted by Crippen LogP contribution is -2.38. The third kappa shape index (κ3) is 3.36. The maximum Gasteiger partial charge on any atom is 0.244 e. The first-order valence-corrected chi connectivity index (χ1v) is 10.7. The fraction of sp³-hybridized carbons (Fsp3) is 0.444. The van der Waals surface area contributed by atoms with E-state index in [1.807, 2.05) is 6.20 Å². The summed E-state index contributed by atoms with van der Waals surface area (Å²) >= 11 is 6.09. The van der Waals surface area contributed by atoms with E-state index in [1.54, 1.807) is 24.3 Å². The molecule has 0 aliphatic carbocycles. The van der Waals surface area contributed by atoms with E-state index in [4.69, 9.17) is 16.6 Å². The third-order valence-electron chi connectivity index (χ3n) is 5.10. The van der Waals surface area contributed by atoms with Crippen molar-refractivity contribution in [3.05, 3.63) is 52.6 Å². The zero-order valence-corrected chi connectivity index (χ0v) is 15.9. The Morgan fingerprint density at radius 2 is 1.96 bits per heavy atom. The van der Waals surface area contributed by atoms with Gasteiger partial charge in [0.1, 0.15) is 10.7 Å². The average molecular weight is 393 g/mol. The van der Waals surface area contributed by atoms with Crippen LogP contribution in [0.2, 0.25) is 5.02 Å². The van der Waals surface area contributed by atoms with E-state index in [-0.39, 0.29) is 15.8 Å². The molecule has 0 saturated carbocycles. The Kier molecular flexibility index (Phi) is 4.96. The van der Waals surface area contributed by atoms with Gasteiger partial charge in [-0.1, -0.05) is 23.7 Å². The fourth-order valence-electron chi connectivity index (χ4n) is 3.60. The van der Waals surface area contributed by atoms with Crippen LogP contribution < -0.4 is 5.32 Å². The molecule has 4 rings (SSSR count). The van der Waals surface area contributed by atoms with Gasteiger partial charge >= 0.3 is 0 Å². The molecule has 0 unspecified atom stereocenters. The van der Waals surface area contributed by atoms with Crippen molar-refractivity contribution in [1.82, 2.24) is 19.6 Å². The number of nitrogens with one attached hydrogen (secondary N) is 1. The van der Waals surface area contributed by atoms with Gasteiger partial charge in [0, 0.05) is 56.0 Å². The highest BCUT2D eigenvalue weighted by molar-refractivity contribution is 7.89. The van der Waals surface area contributed by atoms with Crippen LogP contribution in [0.4, 0.5) is 0 Å². The summed E-state index contributed by atoms with van der Waals surface area (Å²) in [4.78, 5) is 9.47. The summed E-state index contributed by atoms with van der Waals surface area (Å²) in [7, 11) is -3.56. The maximum absolute atomic E-state index is 12.8. The average Bonchev–Trinajstić information content (AvgIpc) is 2.68. The monoisotopic (exact) mass is 392 g/mol. The Morgan fingerprint density at radius 3 is 2.73 bits per heavy atom. The van der Waals surface area contributed by atoms with Crippen LogP contribution in [-0.2, 0) is 23.0 Å². The van der Waals surface area contributed by atoms with Crippen LogP contribution in [0.5, 0.6) is 0 Å². The number of benzene rings is 1. The molecule has 0 radical (unpaired) electrons. The zero-order valence-electron chi connectivity index (χ0n) is 14.4. The van der Waals surface area contributed by atoms with Crippen LogP contribution in [0.3, 0.4) is 0 Å². The van der Waals surface area contributed by atoms with Crippen LogP contribution in [0, 0.1) is 0 Å². The van der Waals surface area contributed by atoms with Gasteiger partial charge in [-0.3, -0.25) is 0 Å². The van der Waals surface area contributed by atoms with Gasteiger partial charge < -0.3 is 5.32 Å². The second kappa shape index (κ2) is 7.23.